The Morgan fingerprint density at radius 2 is 1.60 bits per heavy atom. The molecule has 1 aromatic carbocycles. The summed E-state index contributed by atoms with van der Waals surface area (Å²) < 4.78 is 10.8. The number of nitrogens with zero attached hydrogens (tertiary/aromatic N) is 1. The average molecular weight is 208 g/mol. The number of hydrogen-bond donors (Lipinski definition) is 1. The van der Waals surface area contributed by atoms with Gasteiger partial charge in [0.05, 0.1) is 13.2 Å². The number of aryl methyl sites for hydroxylation is 1. The molecule has 1 N–H and O–H groups in total. The van der Waals surface area contributed by atoms with E-state index in [1.807, 2.05) is 32.9 Å². The maximum Gasteiger partial charge on any atom is 0.169 e. The quantitative estimate of drug-likeness (QED) is 0.753. The standard InChI is InChI=1S/C11H16N2O2/c1-4-14-9-6-8(3)7-10(15-5-2)11(9)13-12/h6-7,12H,4-5H2,1-3H3. The molecular weight excluding hydrogens is 192 g/mol. The van der Waals surface area contributed by atoms with E-state index in [1.54, 1.807) is 0 Å². The minimum Gasteiger partial charge on any atom is -0.491 e. The van der Waals surface area contributed by atoms with Crippen LogP contribution < -0.4 is 9.47 Å². The first-order chi connectivity index (χ1) is 7.22. The number of benzene rings is 1. The van der Waals surface area contributed by atoms with Crippen LogP contribution in [0.15, 0.2) is 17.2 Å². The normalized spacial score (nSPS) is 9.80. The highest BCUT2D eigenvalue weighted by atomic mass is 16.5. The Morgan fingerprint density at radius 1 is 1.13 bits per heavy atom. The van der Waals surface area contributed by atoms with Crippen LogP contribution in [0.2, 0.25) is 0 Å². The molecule has 1 aromatic rings. The van der Waals surface area contributed by atoms with E-state index >= 15 is 0 Å². The van der Waals surface area contributed by atoms with Crippen LogP contribution in [0.5, 0.6) is 11.5 Å². The lowest BCUT2D eigenvalue weighted by molar-refractivity contribution is 0.324. The van der Waals surface area contributed by atoms with Crippen LogP contribution >= 0.6 is 0 Å². The van der Waals surface area contributed by atoms with Gasteiger partial charge in [0.2, 0.25) is 0 Å². The van der Waals surface area contributed by atoms with Crippen molar-refractivity contribution in [2.45, 2.75) is 20.8 Å². The average Bonchev–Trinajstić information content (AvgIpc) is 2.18. The van der Waals surface area contributed by atoms with Gasteiger partial charge in [0, 0.05) is 0 Å². The van der Waals surface area contributed by atoms with Crippen LogP contribution in [0.3, 0.4) is 0 Å². The van der Waals surface area contributed by atoms with E-state index in [2.05, 4.69) is 5.11 Å². The van der Waals surface area contributed by atoms with E-state index in [9.17, 15) is 0 Å². The molecule has 15 heavy (non-hydrogen) atoms. The minimum atomic E-state index is 0.462. The third-order valence-electron chi connectivity index (χ3n) is 1.90. The molecule has 0 heterocycles. The van der Waals surface area contributed by atoms with Crippen LogP contribution in [0.1, 0.15) is 19.4 Å². The number of nitrogens with one attached hydrogen (secondary N) is 1. The first-order valence-electron chi connectivity index (χ1n) is 5.00. The van der Waals surface area contributed by atoms with Gasteiger partial charge in [-0.2, -0.15) is 5.11 Å². The second-order valence-electron chi connectivity index (χ2n) is 3.09. The molecule has 0 aliphatic carbocycles. The van der Waals surface area contributed by atoms with Crippen molar-refractivity contribution in [3.8, 4) is 11.5 Å². The zero-order chi connectivity index (χ0) is 11.3. The highest BCUT2D eigenvalue weighted by Crippen LogP contribution is 2.38. The molecule has 4 nitrogen and oxygen atoms in total. The summed E-state index contributed by atoms with van der Waals surface area (Å²) in [5, 5.41) is 3.45. The van der Waals surface area contributed by atoms with Crippen LogP contribution in [-0.4, -0.2) is 13.2 Å². The second kappa shape index (κ2) is 5.34. The summed E-state index contributed by atoms with van der Waals surface area (Å²) in [6.45, 7) is 6.86. The molecule has 1 rings (SSSR count). The molecule has 0 saturated heterocycles. The maximum absolute atomic E-state index is 7.12. The van der Waals surface area contributed by atoms with Gasteiger partial charge < -0.3 is 9.47 Å². The van der Waals surface area contributed by atoms with Crippen molar-refractivity contribution < 1.29 is 9.47 Å². The van der Waals surface area contributed by atoms with Gasteiger partial charge in [-0.1, -0.05) is 0 Å². The summed E-state index contributed by atoms with van der Waals surface area (Å²) >= 11 is 0. The topological polar surface area (TPSA) is 54.7 Å². The van der Waals surface area contributed by atoms with Crippen LogP contribution in [-0.2, 0) is 0 Å². The first-order valence-corrected chi connectivity index (χ1v) is 5.00. The van der Waals surface area contributed by atoms with E-state index in [4.69, 9.17) is 15.0 Å². The predicted molar refractivity (Wildman–Crippen MR) is 58.3 cm³/mol. The van der Waals surface area contributed by atoms with Crippen LogP contribution in [0.25, 0.3) is 0 Å². The third kappa shape index (κ3) is 2.68. The van der Waals surface area contributed by atoms with Crippen molar-refractivity contribution in [3.05, 3.63) is 17.7 Å². The van der Waals surface area contributed by atoms with E-state index in [1.165, 1.54) is 0 Å². The van der Waals surface area contributed by atoms with Crippen molar-refractivity contribution in [3.63, 3.8) is 0 Å². The fraction of sp³-hybridized carbons (Fsp3) is 0.455. The lowest BCUT2D eigenvalue weighted by atomic mass is 10.2. The Morgan fingerprint density at radius 3 is 1.93 bits per heavy atom. The Hall–Kier alpha value is -1.58. The van der Waals surface area contributed by atoms with E-state index in [0.29, 0.717) is 30.4 Å². The smallest absolute Gasteiger partial charge is 0.169 e. The fourth-order valence-corrected chi connectivity index (χ4v) is 1.35. The van der Waals surface area contributed by atoms with E-state index in [0.717, 1.165) is 5.56 Å². The van der Waals surface area contributed by atoms with Gasteiger partial charge in [0.25, 0.3) is 0 Å². The summed E-state index contributed by atoms with van der Waals surface area (Å²) in [6, 6.07) is 3.72. The van der Waals surface area contributed by atoms with Gasteiger partial charge in [0.15, 0.2) is 17.2 Å². The number of hydrogen-bond acceptors (Lipinski definition) is 4. The van der Waals surface area contributed by atoms with Gasteiger partial charge in [-0.25, -0.2) is 5.53 Å². The Labute approximate surface area is 89.7 Å². The first kappa shape index (κ1) is 11.5. The molecule has 0 saturated carbocycles. The van der Waals surface area contributed by atoms with Crippen molar-refractivity contribution in [1.29, 1.82) is 5.53 Å². The van der Waals surface area contributed by atoms with E-state index in [-0.39, 0.29) is 0 Å². The molecule has 82 valence electrons. The third-order valence-corrected chi connectivity index (χ3v) is 1.90. The molecule has 0 fully saturated rings. The molecule has 0 aliphatic rings. The maximum atomic E-state index is 7.12. The highest BCUT2D eigenvalue weighted by Gasteiger charge is 2.11. The summed E-state index contributed by atoms with van der Waals surface area (Å²) in [6.07, 6.45) is 0. The molecule has 0 atom stereocenters. The zero-order valence-corrected chi connectivity index (χ0v) is 9.33. The van der Waals surface area contributed by atoms with Crippen molar-refractivity contribution in [2.24, 2.45) is 5.11 Å². The predicted octanol–water partition coefficient (Wildman–Crippen LogP) is 3.45. The summed E-state index contributed by atoms with van der Waals surface area (Å²) in [4.78, 5) is 0. The summed E-state index contributed by atoms with van der Waals surface area (Å²) in [5.74, 6) is 1.21. The Balaban J connectivity index is 3.18. The molecule has 0 radical (unpaired) electrons. The van der Waals surface area contributed by atoms with Gasteiger partial charge in [-0.15, -0.1) is 0 Å². The Kier molecular flexibility index (Phi) is 4.09. The van der Waals surface area contributed by atoms with Gasteiger partial charge in [-0.05, 0) is 38.5 Å². The lowest BCUT2D eigenvalue weighted by Gasteiger charge is -2.12. The lowest BCUT2D eigenvalue weighted by Crippen LogP contribution is -1.97. The monoisotopic (exact) mass is 208 g/mol. The molecule has 0 unspecified atom stereocenters. The van der Waals surface area contributed by atoms with Crippen molar-refractivity contribution >= 4 is 5.69 Å². The summed E-state index contributed by atoms with van der Waals surface area (Å²) in [5.41, 5.74) is 8.62. The van der Waals surface area contributed by atoms with Crippen molar-refractivity contribution in [2.75, 3.05) is 13.2 Å². The van der Waals surface area contributed by atoms with Crippen LogP contribution in [0, 0.1) is 12.5 Å². The number of rotatable bonds is 5. The highest BCUT2D eigenvalue weighted by molar-refractivity contribution is 5.63. The molecular formula is C11H16N2O2. The summed E-state index contributed by atoms with van der Waals surface area (Å²) in [7, 11) is 0. The minimum absolute atomic E-state index is 0.462. The van der Waals surface area contributed by atoms with Gasteiger partial charge >= 0.3 is 0 Å². The molecule has 0 bridgehead atoms. The second-order valence-corrected chi connectivity index (χ2v) is 3.09. The van der Waals surface area contributed by atoms with Crippen molar-refractivity contribution in [1.82, 2.24) is 0 Å². The molecule has 0 aromatic heterocycles. The fourth-order valence-electron chi connectivity index (χ4n) is 1.35. The largest absolute Gasteiger partial charge is 0.491 e. The molecule has 0 aliphatic heterocycles. The molecule has 0 amide bonds. The molecule has 0 spiro atoms. The van der Waals surface area contributed by atoms with Crippen LogP contribution in [0.4, 0.5) is 5.69 Å². The SMILES string of the molecule is CCOc1cc(C)cc(OCC)c1N=N. The molecule has 4 heteroatoms. The zero-order valence-electron chi connectivity index (χ0n) is 9.33. The van der Waals surface area contributed by atoms with E-state index < -0.39 is 0 Å². The van der Waals surface area contributed by atoms with Gasteiger partial charge in [-0.3, -0.25) is 0 Å². The number of ether oxygens (including phenoxy) is 2. The van der Waals surface area contributed by atoms with Gasteiger partial charge in [0.1, 0.15) is 0 Å². The Bertz CT molecular complexity index is 323.